The zero-order chi connectivity index (χ0) is 11.6. The molecule has 88 valence electrons. The molecule has 0 amide bonds. The Hall–Kier alpha value is -1.22. The maximum atomic E-state index is 9.94. The number of hydrogen-bond acceptors (Lipinski definition) is 3. The second kappa shape index (κ2) is 4.34. The zero-order valence-electron chi connectivity index (χ0n) is 9.82. The molecule has 1 aromatic carbocycles. The van der Waals surface area contributed by atoms with Crippen molar-refractivity contribution in [1.82, 2.24) is 0 Å². The van der Waals surface area contributed by atoms with Gasteiger partial charge in [0.15, 0.2) is 11.5 Å². The molecule has 0 unspecified atom stereocenters. The Morgan fingerprint density at radius 3 is 2.69 bits per heavy atom. The van der Waals surface area contributed by atoms with Gasteiger partial charge in [0.05, 0.1) is 19.3 Å². The number of hydrogen-bond donors (Lipinski definition) is 1. The molecule has 1 fully saturated rings. The van der Waals surface area contributed by atoms with E-state index in [0.717, 1.165) is 29.9 Å². The van der Waals surface area contributed by atoms with Crippen LogP contribution in [0.3, 0.4) is 0 Å². The molecular weight excluding hydrogens is 204 g/mol. The molecule has 0 atom stereocenters. The number of benzene rings is 1. The second-order valence-corrected chi connectivity index (χ2v) is 4.28. The molecule has 0 radical (unpaired) electrons. The van der Waals surface area contributed by atoms with Crippen LogP contribution in [0.4, 0.5) is 0 Å². The fourth-order valence-electron chi connectivity index (χ4n) is 1.84. The van der Waals surface area contributed by atoms with Crippen molar-refractivity contribution in [2.24, 2.45) is 0 Å². The fraction of sp³-hybridized carbons (Fsp3) is 0.538. The van der Waals surface area contributed by atoms with Gasteiger partial charge < -0.3 is 14.6 Å². The Bertz CT molecular complexity index is 369. The Morgan fingerprint density at radius 2 is 2.12 bits per heavy atom. The lowest BCUT2D eigenvalue weighted by Gasteiger charge is -2.15. The number of ether oxygens (including phenoxy) is 2. The van der Waals surface area contributed by atoms with Crippen LogP contribution in [0.2, 0.25) is 0 Å². The van der Waals surface area contributed by atoms with Crippen LogP contribution in [-0.4, -0.2) is 24.4 Å². The van der Waals surface area contributed by atoms with Crippen LogP contribution in [-0.2, 0) is 6.42 Å². The summed E-state index contributed by atoms with van der Waals surface area (Å²) in [5, 5.41) is 9.94. The maximum absolute atomic E-state index is 9.94. The van der Waals surface area contributed by atoms with Gasteiger partial charge in [-0.3, -0.25) is 0 Å². The van der Waals surface area contributed by atoms with Crippen molar-refractivity contribution in [1.29, 1.82) is 0 Å². The Balaban J connectivity index is 2.27. The summed E-state index contributed by atoms with van der Waals surface area (Å²) in [6.07, 6.45) is 2.42. The quantitative estimate of drug-likeness (QED) is 0.829. The van der Waals surface area contributed by atoms with Gasteiger partial charge in [0.25, 0.3) is 0 Å². The van der Waals surface area contributed by atoms with Crippen LogP contribution in [0, 0.1) is 0 Å². The van der Waals surface area contributed by atoms with Crippen molar-refractivity contribution in [3.8, 4) is 11.5 Å². The van der Waals surface area contributed by atoms with E-state index in [9.17, 15) is 5.11 Å². The molecule has 2 rings (SSSR count). The zero-order valence-corrected chi connectivity index (χ0v) is 9.82. The normalized spacial score (nSPS) is 16.9. The maximum Gasteiger partial charge on any atom is 0.164 e. The van der Waals surface area contributed by atoms with Crippen molar-refractivity contribution in [3.05, 3.63) is 23.8 Å². The minimum absolute atomic E-state index is 0.502. The Labute approximate surface area is 96.0 Å². The van der Waals surface area contributed by atoms with Gasteiger partial charge in [-0.1, -0.05) is 12.1 Å². The van der Waals surface area contributed by atoms with Gasteiger partial charge in [0.1, 0.15) is 0 Å². The summed E-state index contributed by atoms with van der Waals surface area (Å²) < 4.78 is 10.9. The summed E-state index contributed by atoms with van der Waals surface area (Å²) in [6, 6.07) is 5.80. The number of methoxy groups -OCH3 is 1. The molecule has 3 nitrogen and oxygen atoms in total. The predicted octanol–water partition coefficient (Wildman–Crippen LogP) is 2.16. The highest BCUT2D eigenvalue weighted by Gasteiger charge is 2.41. The van der Waals surface area contributed by atoms with E-state index in [2.05, 4.69) is 0 Å². The highest BCUT2D eigenvalue weighted by molar-refractivity contribution is 5.47. The third-order valence-corrected chi connectivity index (χ3v) is 2.92. The summed E-state index contributed by atoms with van der Waals surface area (Å²) in [6.45, 7) is 2.55. The summed E-state index contributed by atoms with van der Waals surface area (Å²) in [5.41, 5.74) is 0.527. The smallest absolute Gasteiger partial charge is 0.164 e. The molecular formula is C13H18O3. The van der Waals surface area contributed by atoms with Gasteiger partial charge in [-0.2, -0.15) is 0 Å². The van der Waals surface area contributed by atoms with E-state index in [4.69, 9.17) is 9.47 Å². The van der Waals surface area contributed by atoms with Crippen LogP contribution in [0.15, 0.2) is 18.2 Å². The molecule has 3 heteroatoms. The molecule has 1 aliphatic carbocycles. The summed E-state index contributed by atoms with van der Waals surface area (Å²) in [5.74, 6) is 1.51. The summed E-state index contributed by atoms with van der Waals surface area (Å²) >= 11 is 0. The lowest BCUT2D eigenvalue weighted by molar-refractivity contribution is 0.149. The first-order valence-electron chi connectivity index (χ1n) is 5.69. The van der Waals surface area contributed by atoms with E-state index in [1.54, 1.807) is 7.11 Å². The van der Waals surface area contributed by atoms with E-state index >= 15 is 0 Å². The van der Waals surface area contributed by atoms with Crippen molar-refractivity contribution in [3.63, 3.8) is 0 Å². The molecule has 1 aromatic rings. The highest BCUT2D eigenvalue weighted by Crippen LogP contribution is 2.42. The number of rotatable bonds is 5. The van der Waals surface area contributed by atoms with Crippen molar-refractivity contribution in [2.45, 2.75) is 31.8 Å². The van der Waals surface area contributed by atoms with Crippen molar-refractivity contribution >= 4 is 0 Å². The van der Waals surface area contributed by atoms with E-state index < -0.39 is 5.60 Å². The first-order valence-corrected chi connectivity index (χ1v) is 5.69. The standard InChI is InChI=1S/C13H18O3/c1-3-16-12-10(9-13(14)7-8-13)5-4-6-11(12)15-2/h4-6,14H,3,7-9H2,1-2H3. The van der Waals surface area contributed by atoms with Gasteiger partial charge in [-0.15, -0.1) is 0 Å². The van der Waals surface area contributed by atoms with Crippen LogP contribution >= 0.6 is 0 Å². The van der Waals surface area contributed by atoms with Crippen LogP contribution in [0.1, 0.15) is 25.3 Å². The number of aliphatic hydroxyl groups is 1. The monoisotopic (exact) mass is 222 g/mol. The highest BCUT2D eigenvalue weighted by atomic mass is 16.5. The van der Waals surface area contributed by atoms with Crippen molar-refractivity contribution < 1.29 is 14.6 Å². The van der Waals surface area contributed by atoms with Crippen LogP contribution < -0.4 is 9.47 Å². The molecule has 1 aliphatic rings. The van der Waals surface area contributed by atoms with Gasteiger partial charge in [0.2, 0.25) is 0 Å². The number of para-hydroxylation sites is 1. The summed E-state index contributed by atoms with van der Waals surface area (Å²) in [4.78, 5) is 0. The van der Waals surface area contributed by atoms with Crippen LogP contribution in [0.5, 0.6) is 11.5 Å². The topological polar surface area (TPSA) is 38.7 Å². The molecule has 1 saturated carbocycles. The SMILES string of the molecule is CCOc1c(CC2(O)CC2)cccc1OC. The summed E-state index contributed by atoms with van der Waals surface area (Å²) in [7, 11) is 1.63. The van der Waals surface area contributed by atoms with E-state index in [1.165, 1.54) is 0 Å². The average molecular weight is 222 g/mol. The molecule has 0 spiro atoms. The second-order valence-electron chi connectivity index (χ2n) is 4.28. The first kappa shape index (κ1) is 11.3. The predicted molar refractivity (Wildman–Crippen MR) is 62.1 cm³/mol. The Morgan fingerprint density at radius 1 is 1.38 bits per heavy atom. The molecule has 0 heterocycles. The molecule has 0 bridgehead atoms. The van der Waals surface area contributed by atoms with E-state index in [1.807, 2.05) is 25.1 Å². The fourth-order valence-corrected chi connectivity index (χ4v) is 1.84. The lowest BCUT2D eigenvalue weighted by Crippen LogP contribution is -2.12. The molecule has 0 saturated heterocycles. The molecule has 16 heavy (non-hydrogen) atoms. The Kier molecular flexibility index (Phi) is 3.06. The molecule has 0 aliphatic heterocycles. The third-order valence-electron chi connectivity index (χ3n) is 2.92. The van der Waals surface area contributed by atoms with Crippen LogP contribution in [0.25, 0.3) is 0 Å². The minimum atomic E-state index is -0.502. The van der Waals surface area contributed by atoms with Gasteiger partial charge in [-0.05, 0) is 25.8 Å². The lowest BCUT2D eigenvalue weighted by atomic mass is 10.0. The van der Waals surface area contributed by atoms with E-state index in [0.29, 0.717) is 13.0 Å². The van der Waals surface area contributed by atoms with Gasteiger partial charge in [0, 0.05) is 12.0 Å². The van der Waals surface area contributed by atoms with Crippen molar-refractivity contribution in [2.75, 3.05) is 13.7 Å². The minimum Gasteiger partial charge on any atom is -0.493 e. The molecule has 0 aromatic heterocycles. The van der Waals surface area contributed by atoms with Gasteiger partial charge >= 0.3 is 0 Å². The third kappa shape index (κ3) is 2.30. The first-order chi connectivity index (χ1) is 7.68. The molecule has 1 N–H and O–H groups in total. The average Bonchev–Trinajstić information content (AvgIpc) is 2.99. The van der Waals surface area contributed by atoms with Gasteiger partial charge in [-0.25, -0.2) is 0 Å². The van der Waals surface area contributed by atoms with E-state index in [-0.39, 0.29) is 0 Å². The largest absolute Gasteiger partial charge is 0.493 e.